The normalized spacial score (nSPS) is 19.4. The van der Waals surface area contributed by atoms with Gasteiger partial charge in [0, 0.05) is 0 Å². The van der Waals surface area contributed by atoms with Crippen LogP contribution in [0.2, 0.25) is 0 Å². The molecule has 0 aromatic heterocycles. The largest absolute Gasteiger partial charge is 0.465 e. The zero-order valence-electron chi connectivity index (χ0n) is 8.73. The molecule has 1 aliphatic heterocycles. The Hall–Kier alpha value is -0.960. The van der Waals surface area contributed by atoms with Gasteiger partial charge in [0.15, 0.2) is 0 Å². The van der Waals surface area contributed by atoms with Crippen LogP contribution in [0.5, 0.6) is 0 Å². The van der Waals surface area contributed by atoms with Crippen LogP contribution in [0, 0.1) is 0 Å². The lowest BCUT2D eigenvalue weighted by Gasteiger charge is -2.23. The molecule has 1 aromatic rings. The Labute approximate surface area is 94.0 Å². The third-order valence-corrected chi connectivity index (χ3v) is 3.71. The van der Waals surface area contributed by atoms with Crippen LogP contribution in [0.15, 0.2) is 24.3 Å². The van der Waals surface area contributed by atoms with Gasteiger partial charge in [-0.25, -0.2) is 0 Å². The molecule has 0 amide bonds. The van der Waals surface area contributed by atoms with Crippen LogP contribution in [0.3, 0.4) is 0 Å². The average Bonchev–Trinajstić information content (AvgIpc) is 2.28. The highest BCUT2D eigenvalue weighted by molar-refractivity contribution is 8.00. The number of thioether (sulfide) groups is 1. The molecule has 2 rings (SSSR count). The minimum atomic E-state index is -0.116. The summed E-state index contributed by atoms with van der Waals surface area (Å²) < 4.78 is 5.08. The van der Waals surface area contributed by atoms with Gasteiger partial charge in [-0.3, -0.25) is 4.79 Å². The number of carbonyl (C=O) groups is 1. The molecule has 1 aliphatic rings. The van der Waals surface area contributed by atoms with Crippen molar-refractivity contribution in [1.82, 2.24) is 0 Å². The lowest BCUT2D eigenvalue weighted by molar-refractivity contribution is -0.142. The predicted molar refractivity (Wildman–Crippen MR) is 62.0 cm³/mol. The molecule has 0 saturated heterocycles. The molecule has 0 saturated carbocycles. The predicted octanol–water partition coefficient (Wildman–Crippen LogP) is 2.58. The fraction of sp³-hybridized carbons (Fsp3) is 0.417. The van der Waals surface area contributed by atoms with Crippen molar-refractivity contribution < 1.29 is 9.53 Å². The molecule has 1 heterocycles. The molecule has 80 valence electrons. The summed E-state index contributed by atoms with van der Waals surface area (Å²) in [6, 6.07) is 8.14. The number of hydrogen-bond acceptors (Lipinski definition) is 3. The van der Waals surface area contributed by atoms with Crippen molar-refractivity contribution in [3.63, 3.8) is 0 Å². The van der Waals surface area contributed by atoms with E-state index in [4.69, 9.17) is 4.74 Å². The van der Waals surface area contributed by atoms with Gasteiger partial charge in [0.25, 0.3) is 0 Å². The molecule has 1 unspecified atom stereocenters. The van der Waals surface area contributed by atoms with Gasteiger partial charge in [0.2, 0.25) is 0 Å². The van der Waals surface area contributed by atoms with Crippen molar-refractivity contribution in [1.29, 1.82) is 0 Å². The van der Waals surface area contributed by atoms with Crippen molar-refractivity contribution >= 4 is 17.7 Å². The minimum Gasteiger partial charge on any atom is -0.465 e. The summed E-state index contributed by atoms with van der Waals surface area (Å²) in [5.41, 5.74) is 2.42. The van der Waals surface area contributed by atoms with Crippen LogP contribution in [-0.4, -0.2) is 18.3 Å². The van der Waals surface area contributed by atoms with Crippen LogP contribution in [0.25, 0.3) is 0 Å². The van der Waals surface area contributed by atoms with Gasteiger partial charge in [0.1, 0.15) is 5.25 Å². The Morgan fingerprint density at radius 1 is 1.53 bits per heavy atom. The number of hydrogen-bond donors (Lipinski definition) is 0. The molecular weight excluding hydrogens is 208 g/mol. The molecule has 2 nitrogen and oxygen atoms in total. The van der Waals surface area contributed by atoms with Gasteiger partial charge in [-0.15, -0.1) is 11.8 Å². The monoisotopic (exact) mass is 222 g/mol. The Morgan fingerprint density at radius 2 is 2.33 bits per heavy atom. The summed E-state index contributed by atoms with van der Waals surface area (Å²) in [7, 11) is 0. The zero-order valence-corrected chi connectivity index (χ0v) is 9.55. The number of benzene rings is 1. The van der Waals surface area contributed by atoms with E-state index >= 15 is 0 Å². The lowest BCUT2D eigenvalue weighted by Crippen LogP contribution is -2.18. The number of carbonyl (C=O) groups excluding carboxylic acids is 1. The summed E-state index contributed by atoms with van der Waals surface area (Å²) in [5, 5.41) is -0.116. The van der Waals surface area contributed by atoms with Crippen LogP contribution in [-0.2, 0) is 16.0 Å². The lowest BCUT2D eigenvalue weighted by atomic mass is 10.0. The van der Waals surface area contributed by atoms with Crippen LogP contribution >= 0.6 is 11.8 Å². The van der Waals surface area contributed by atoms with Crippen molar-refractivity contribution in [3.05, 3.63) is 35.4 Å². The Balaban J connectivity index is 2.25. The topological polar surface area (TPSA) is 26.3 Å². The van der Waals surface area contributed by atoms with Crippen molar-refractivity contribution in [2.24, 2.45) is 0 Å². The van der Waals surface area contributed by atoms with Crippen molar-refractivity contribution in [2.45, 2.75) is 18.6 Å². The molecule has 15 heavy (non-hydrogen) atoms. The van der Waals surface area contributed by atoms with E-state index in [2.05, 4.69) is 6.07 Å². The van der Waals surface area contributed by atoms with Gasteiger partial charge < -0.3 is 4.74 Å². The summed E-state index contributed by atoms with van der Waals surface area (Å²) in [5.74, 6) is 0.898. The van der Waals surface area contributed by atoms with Gasteiger partial charge in [-0.1, -0.05) is 24.3 Å². The van der Waals surface area contributed by atoms with E-state index in [0.29, 0.717) is 6.61 Å². The summed E-state index contributed by atoms with van der Waals surface area (Å²) >= 11 is 1.68. The van der Waals surface area contributed by atoms with E-state index in [-0.39, 0.29) is 11.2 Å². The third kappa shape index (κ3) is 2.17. The van der Waals surface area contributed by atoms with Crippen molar-refractivity contribution in [3.8, 4) is 0 Å². The summed E-state index contributed by atoms with van der Waals surface area (Å²) in [6.45, 7) is 2.30. The molecule has 0 N–H and O–H groups in total. The molecule has 1 atom stereocenters. The van der Waals surface area contributed by atoms with Gasteiger partial charge in [0.05, 0.1) is 6.61 Å². The van der Waals surface area contributed by atoms with Crippen molar-refractivity contribution in [2.75, 3.05) is 12.4 Å². The van der Waals surface area contributed by atoms with Gasteiger partial charge in [-0.2, -0.15) is 0 Å². The van der Waals surface area contributed by atoms with E-state index in [1.165, 1.54) is 5.56 Å². The fourth-order valence-corrected chi connectivity index (χ4v) is 2.99. The molecule has 0 bridgehead atoms. The number of aryl methyl sites for hydroxylation is 1. The Kier molecular flexibility index (Phi) is 3.31. The van der Waals surface area contributed by atoms with E-state index in [9.17, 15) is 4.79 Å². The second kappa shape index (κ2) is 4.71. The molecule has 3 heteroatoms. The standard InChI is InChI=1S/C12H14O2S/c1-2-14-12(13)11-10-6-4-3-5-9(10)7-8-15-11/h3-6,11H,2,7-8H2,1H3. The number of fused-ring (bicyclic) bond motifs is 1. The number of esters is 1. The van der Waals surface area contributed by atoms with E-state index in [0.717, 1.165) is 17.7 Å². The van der Waals surface area contributed by atoms with Crippen LogP contribution in [0.1, 0.15) is 23.3 Å². The first-order valence-corrected chi connectivity index (χ1v) is 6.24. The summed E-state index contributed by atoms with van der Waals surface area (Å²) in [6.07, 6.45) is 1.05. The first-order valence-electron chi connectivity index (χ1n) is 5.19. The van der Waals surface area contributed by atoms with Gasteiger partial charge >= 0.3 is 5.97 Å². The Bertz CT molecular complexity index is 362. The SMILES string of the molecule is CCOC(=O)C1SCCc2ccccc21. The molecular formula is C12H14O2S. The molecule has 0 fully saturated rings. The highest BCUT2D eigenvalue weighted by Gasteiger charge is 2.27. The maximum absolute atomic E-state index is 11.7. The highest BCUT2D eigenvalue weighted by Crippen LogP contribution is 2.37. The maximum atomic E-state index is 11.7. The molecule has 0 radical (unpaired) electrons. The third-order valence-electron chi connectivity index (χ3n) is 2.49. The Morgan fingerprint density at radius 3 is 3.13 bits per heavy atom. The first-order chi connectivity index (χ1) is 7.33. The molecule has 1 aromatic carbocycles. The van der Waals surface area contributed by atoms with Crippen LogP contribution < -0.4 is 0 Å². The fourth-order valence-electron chi connectivity index (χ4n) is 1.81. The number of rotatable bonds is 2. The maximum Gasteiger partial charge on any atom is 0.323 e. The van der Waals surface area contributed by atoms with Gasteiger partial charge in [-0.05, 0) is 30.2 Å². The second-order valence-corrected chi connectivity index (χ2v) is 4.66. The zero-order chi connectivity index (χ0) is 10.7. The first kappa shape index (κ1) is 10.6. The average molecular weight is 222 g/mol. The van der Waals surface area contributed by atoms with E-state index in [1.54, 1.807) is 11.8 Å². The molecule has 0 spiro atoms. The quantitative estimate of drug-likeness (QED) is 0.719. The second-order valence-electron chi connectivity index (χ2n) is 3.45. The van der Waals surface area contributed by atoms with Crippen LogP contribution in [0.4, 0.5) is 0 Å². The minimum absolute atomic E-state index is 0.102. The van der Waals surface area contributed by atoms with E-state index in [1.807, 2.05) is 25.1 Å². The van der Waals surface area contributed by atoms with E-state index < -0.39 is 0 Å². The number of ether oxygens (including phenoxy) is 1. The highest BCUT2D eigenvalue weighted by atomic mass is 32.2. The smallest absolute Gasteiger partial charge is 0.323 e. The molecule has 0 aliphatic carbocycles. The summed E-state index contributed by atoms with van der Waals surface area (Å²) in [4.78, 5) is 11.7.